The second kappa shape index (κ2) is 10.7. The molecule has 0 amide bonds. The Morgan fingerprint density at radius 3 is 2.00 bits per heavy atom. The van der Waals surface area contributed by atoms with Gasteiger partial charge in [-0.1, -0.05) is 20.8 Å². The Morgan fingerprint density at radius 2 is 1.38 bits per heavy atom. The summed E-state index contributed by atoms with van der Waals surface area (Å²) in [4.78, 5) is 48.3. The van der Waals surface area contributed by atoms with Crippen LogP contribution in [0.15, 0.2) is 45.6 Å². The van der Waals surface area contributed by atoms with Gasteiger partial charge in [-0.2, -0.15) is 0 Å². The van der Waals surface area contributed by atoms with E-state index in [1.807, 2.05) is 0 Å². The third kappa shape index (κ3) is 5.43. The van der Waals surface area contributed by atoms with Crippen molar-refractivity contribution in [3.05, 3.63) is 46.6 Å². The van der Waals surface area contributed by atoms with Crippen molar-refractivity contribution in [2.75, 3.05) is 7.11 Å². The Hall–Kier alpha value is -4.14. The molecule has 0 atom stereocenters. The molecule has 2 aromatic carbocycles. The third-order valence-corrected chi connectivity index (χ3v) is 4.76. The van der Waals surface area contributed by atoms with Gasteiger partial charge in [0.15, 0.2) is 16.9 Å². The summed E-state index contributed by atoms with van der Waals surface area (Å²) in [6.45, 7) is 4.92. The normalized spacial score (nSPS) is 10.6. The molecule has 3 rings (SSSR count). The standard InChI is InChI=1S/C25H24O9/c1-5-22(27)31-15-11-20(30-4)25-16(26)13-18(32-21(25)12-15)14-8-9-17(33-23(28)6-2)19(10-14)34-24(29)7-3/h8-13H,5-7H2,1-4H3. The molecule has 9 nitrogen and oxygen atoms in total. The Labute approximate surface area is 195 Å². The molecule has 9 heteroatoms. The average molecular weight is 468 g/mol. The lowest BCUT2D eigenvalue weighted by molar-refractivity contribution is -0.136. The number of methoxy groups -OCH3 is 1. The van der Waals surface area contributed by atoms with Crippen LogP contribution in [0.5, 0.6) is 23.0 Å². The second-order valence-corrected chi connectivity index (χ2v) is 7.12. The van der Waals surface area contributed by atoms with Gasteiger partial charge in [0.25, 0.3) is 0 Å². The average Bonchev–Trinajstić information content (AvgIpc) is 2.83. The maximum atomic E-state index is 12.9. The zero-order valence-corrected chi connectivity index (χ0v) is 19.3. The summed E-state index contributed by atoms with van der Waals surface area (Å²) in [6, 6.07) is 8.57. The van der Waals surface area contributed by atoms with E-state index in [2.05, 4.69) is 0 Å². The van der Waals surface area contributed by atoms with Crippen LogP contribution in [0.4, 0.5) is 0 Å². The molecule has 3 aromatic rings. The predicted molar refractivity (Wildman–Crippen MR) is 122 cm³/mol. The Bertz CT molecular complexity index is 1300. The van der Waals surface area contributed by atoms with E-state index in [1.165, 1.54) is 37.4 Å². The van der Waals surface area contributed by atoms with E-state index in [0.717, 1.165) is 0 Å². The Morgan fingerprint density at radius 1 is 0.765 bits per heavy atom. The highest BCUT2D eigenvalue weighted by Gasteiger charge is 2.18. The van der Waals surface area contributed by atoms with Gasteiger partial charge in [-0.25, -0.2) is 0 Å². The minimum atomic E-state index is -0.530. The molecule has 0 aliphatic carbocycles. The zero-order valence-electron chi connectivity index (χ0n) is 19.3. The van der Waals surface area contributed by atoms with Gasteiger partial charge in [0.05, 0.1) is 7.11 Å². The van der Waals surface area contributed by atoms with E-state index in [9.17, 15) is 19.2 Å². The fourth-order valence-corrected chi connectivity index (χ4v) is 3.01. The van der Waals surface area contributed by atoms with E-state index < -0.39 is 23.3 Å². The molecule has 0 unspecified atom stereocenters. The van der Waals surface area contributed by atoms with Crippen LogP contribution >= 0.6 is 0 Å². The molecule has 1 heterocycles. The van der Waals surface area contributed by atoms with Crippen LogP contribution in [-0.4, -0.2) is 25.0 Å². The molecule has 0 saturated carbocycles. The summed E-state index contributed by atoms with van der Waals surface area (Å²) in [6.07, 6.45) is 0.406. The number of carbonyl (C=O) groups is 3. The van der Waals surface area contributed by atoms with Gasteiger partial charge < -0.3 is 23.4 Å². The number of esters is 3. The molecule has 0 aliphatic rings. The van der Waals surface area contributed by atoms with Crippen molar-refractivity contribution >= 4 is 28.9 Å². The zero-order chi connectivity index (χ0) is 24.8. The number of hydrogen-bond acceptors (Lipinski definition) is 9. The topological polar surface area (TPSA) is 118 Å². The molecule has 0 aliphatic heterocycles. The SMILES string of the molecule is CCC(=O)Oc1cc(OC)c2c(=O)cc(-c3ccc(OC(=O)CC)c(OC(=O)CC)c3)oc2c1. The van der Waals surface area contributed by atoms with Crippen molar-refractivity contribution in [2.45, 2.75) is 40.0 Å². The van der Waals surface area contributed by atoms with Crippen LogP contribution in [0.1, 0.15) is 40.0 Å². The first kappa shape index (κ1) is 24.5. The van der Waals surface area contributed by atoms with Crippen LogP contribution in [0.3, 0.4) is 0 Å². The maximum Gasteiger partial charge on any atom is 0.311 e. The number of ether oxygens (including phenoxy) is 4. The molecule has 0 spiro atoms. The second-order valence-electron chi connectivity index (χ2n) is 7.12. The molecule has 0 radical (unpaired) electrons. The highest BCUT2D eigenvalue weighted by atomic mass is 16.6. The van der Waals surface area contributed by atoms with E-state index in [-0.39, 0.29) is 59.0 Å². The number of fused-ring (bicyclic) bond motifs is 1. The molecule has 0 N–H and O–H groups in total. The van der Waals surface area contributed by atoms with Gasteiger partial charge in [-0.05, 0) is 18.2 Å². The maximum absolute atomic E-state index is 12.9. The van der Waals surface area contributed by atoms with Gasteiger partial charge >= 0.3 is 17.9 Å². The Balaban J connectivity index is 2.14. The highest BCUT2D eigenvalue weighted by molar-refractivity contribution is 5.87. The van der Waals surface area contributed by atoms with Crippen LogP contribution < -0.4 is 24.4 Å². The summed E-state index contributed by atoms with van der Waals surface area (Å²) >= 11 is 0. The minimum absolute atomic E-state index is 0.0112. The van der Waals surface area contributed by atoms with Gasteiger partial charge in [-0.3, -0.25) is 19.2 Å². The van der Waals surface area contributed by atoms with E-state index in [1.54, 1.807) is 26.8 Å². The summed E-state index contributed by atoms with van der Waals surface area (Å²) in [5, 5.41) is 0.175. The van der Waals surface area contributed by atoms with Gasteiger partial charge in [0.1, 0.15) is 28.2 Å². The first-order valence-electron chi connectivity index (χ1n) is 10.7. The predicted octanol–water partition coefficient (Wildman–Crippen LogP) is 4.41. The number of benzene rings is 2. The quantitative estimate of drug-likeness (QED) is 0.350. The van der Waals surface area contributed by atoms with Gasteiger partial charge in [0.2, 0.25) is 0 Å². The van der Waals surface area contributed by atoms with Crippen molar-refractivity contribution in [1.29, 1.82) is 0 Å². The summed E-state index contributed by atoms with van der Waals surface area (Å²) in [5.41, 5.74) is 0.133. The minimum Gasteiger partial charge on any atom is -0.496 e. The smallest absolute Gasteiger partial charge is 0.311 e. The fourth-order valence-electron chi connectivity index (χ4n) is 3.01. The molecule has 0 bridgehead atoms. The molecule has 34 heavy (non-hydrogen) atoms. The van der Waals surface area contributed by atoms with E-state index in [4.69, 9.17) is 23.4 Å². The van der Waals surface area contributed by atoms with Crippen LogP contribution in [0, 0.1) is 0 Å². The first-order valence-corrected chi connectivity index (χ1v) is 10.7. The van der Waals surface area contributed by atoms with Gasteiger partial charge in [0, 0.05) is 43.0 Å². The van der Waals surface area contributed by atoms with Crippen molar-refractivity contribution in [3.63, 3.8) is 0 Å². The van der Waals surface area contributed by atoms with Crippen LogP contribution in [0.2, 0.25) is 0 Å². The summed E-state index contributed by atoms with van der Waals surface area (Å²) < 4.78 is 27.0. The van der Waals surface area contributed by atoms with Crippen molar-refractivity contribution < 1.29 is 37.7 Å². The summed E-state index contributed by atoms with van der Waals surface area (Å²) in [5.74, 6) is -0.904. The van der Waals surface area contributed by atoms with E-state index in [0.29, 0.717) is 5.56 Å². The van der Waals surface area contributed by atoms with Crippen LogP contribution in [0.25, 0.3) is 22.3 Å². The fraction of sp³-hybridized carbons (Fsp3) is 0.280. The molecular weight excluding hydrogens is 444 g/mol. The van der Waals surface area contributed by atoms with Gasteiger partial charge in [-0.15, -0.1) is 0 Å². The van der Waals surface area contributed by atoms with Crippen molar-refractivity contribution in [1.82, 2.24) is 0 Å². The van der Waals surface area contributed by atoms with E-state index >= 15 is 0 Å². The number of rotatable bonds is 8. The molecule has 0 saturated heterocycles. The molecular formula is C25H24O9. The largest absolute Gasteiger partial charge is 0.496 e. The molecule has 0 fully saturated rings. The van der Waals surface area contributed by atoms with Crippen molar-refractivity contribution in [3.8, 4) is 34.3 Å². The summed E-state index contributed by atoms with van der Waals surface area (Å²) in [7, 11) is 1.39. The highest BCUT2D eigenvalue weighted by Crippen LogP contribution is 2.36. The van der Waals surface area contributed by atoms with Crippen LogP contribution in [-0.2, 0) is 14.4 Å². The van der Waals surface area contributed by atoms with Crippen molar-refractivity contribution in [2.24, 2.45) is 0 Å². The Kier molecular flexibility index (Phi) is 7.68. The first-order chi connectivity index (χ1) is 16.3. The molecule has 1 aromatic heterocycles. The molecule has 178 valence electrons. The number of carbonyl (C=O) groups excluding carboxylic acids is 3. The lowest BCUT2D eigenvalue weighted by Gasteiger charge is -2.12. The monoisotopic (exact) mass is 468 g/mol. The number of hydrogen-bond donors (Lipinski definition) is 0. The third-order valence-electron chi connectivity index (χ3n) is 4.76. The lowest BCUT2D eigenvalue weighted by atomic mass is 10.1. The lowest BCUT2D eigenvalue weighted by Crippen LogP contribution is -2.10.